The van der Waals surface area contributed by atoms with Gasteiger partial charge in [-0.1, -0.05) is 30.3 Å². The number of aromatic nitrogens is 2. The van der Waals surface area contributed by atoms with Crippen LogP contribution in [0.15, 0.2) is 42.6 Å². The van der Waals surface area contributed by atoms with Gasteiger partial charge in [-0.15, -0.1) is 0 Å². The van der Waals surface area contributed by atoms with Gasteiger partial charge in [-0.25, -0.2) is 9.97 Å². The molecule has 4 rings (SSSR count). The molecule has 1 aliphatic carbocycles. The van der Waals surface area contributed by atoms with Crippen LogP contribution in [0.4, 0.5) is 0 Å². The largest absolute Gasteiger partial charge is 0.355 e. The Labute approximate surface area is 148 Å². The quantitative estimate of drug-likeness (QED) is 0.879. The zero-order valence-corrected chi connectivity index (χ0v) is 14.4. The van der Waals surface area contributed by atoms with Gasteiger partial charge < -0.3 is 5.32 Å². The van der Waals surface area contributed by atoms with Gasteiger partial charge in [0.05, 0.1) is 12.2 Å². The number of likely N-dealkylation sites (tertiary alicyclic amines) is 1. The molecule has 2 aliphatic rings. The van der Waals surface area contributed by atoms with Crippen molar-refractivity contribution in [2.45, 2.75) is 31.7 Å². The first-order valence-corrected chi connectivity index (χ1v) is 9.16. The molecule has 1 N–H and O–H groups in total. The molecule has 1 aliphatic heterocycles. The molecular weight excluding hydrogens is 312 g/mol. The second kappa shape index (κ2) is 7.31. The summed E-state index contributed by atoms with van der Waals surface area (Å²) in [7, 11) is 0. The van der Waals surface area contributed by atoms with E-state index in [0.717, 1.165) is 29.5 Å². The lowest BCUT2D eigenvalue weighted by Gasteiger charge is -2.25. The maximum atomic E-state index is 12.2. The van der Waals surface area contributed by atoms with Crippen LogP contribution in [-0.2, 0) is 11.2 Å². The first kappa shape index (κ1) is 16.2. The number of nitrogens with zero attached hydrogens (tertiary/aromatic N) is 3. The Morgan fingerprint density at radius 1 is 1.20 bits per heavy atom. The molecule has 0 radical (unpaired) electrons. The van der Waals surface area contributed by atoms with Crippen LogP contribution in [0.5, 0.6) is 0 Å². The van der Waals surface area contributed by atoms with Gasteiger partial charge in [-0.05, 0) is 31.2 Å². The Balaban J connectivity index is 1.26. The number of fused-ring (bicyclic) bond motifs is 2. The minimum Gasteiger partial charge on any atom is -0.355 e. The van der Waals surface area contributed by atoms with E-state index in [9.17, 15) is 4.79 Å². The van der Waals surface area contributed by atoms with E-state index in [4.69, 9.17) is 0 Å². The van der Waals surface area contributed by atoms with Gasteiger partial charge in [0.15, 0.2) is 0 Å². The molecule has 1 saturated heterocycles. The third-order valence-corrected chi connectivity index (χ3v) is 5.32. The number of nitrogens with one attached hydrogen (secondary N) is 1. The highest BCUT2D eigenvalue weighted by Gasteiger charge is 2.38. The van der Waals surface area contributed by atoms with Crippen LogP contribution in [0, 0.1) is 5.92 Å². The fraction of sp³-hybridized carbons (Fsp3) is 0.450. The first-order valence-electron chi connectivity index (χ1n) is 9.16. The monoisotopic (exact) mass is 336 g/mol. The molecule has 5 nitrogen and oxygen atoms in total. The van der Waals surface area contributed by atoms with E-state index in [0.29, 0.717) is 25.6 Å². The average Bonchev–Trinajstić information content (AvgIpc) is 3.26. The van der Waals surface area contributed by atoms with Crippen LogP contribution < -0.4 is 5.32 Å². The minimum absolute atomic E-state index is 0.117. The summed E-state index contributed by atoms with van der Waals surface area (Å²) < 4.78 is 0. The Bertz CT molecular complexity index is 733. The second-order valence-electron chi connectivity index (χ2n) is 7.09. The summed E-state index contributed by atoms with van der Waals surface area (Å²) in [5.74, 6) is 1.71. The molecular formula is C20H24N4O. The summed E-state index contributed by atoms with van der Waals surface area (Å²) in [6.45, 7) is 2.21. The highest BCUT2D eigenvalue weighted by molar-refractivity contribution is 5.78. The van der Waals surface area contributed by atoms with Crippen LogP contribution in [0.2, 0.25) is 0 Å². The van der Waals surface area contributed by atoms with E-state index in [1.807, 2.05) is 36.4 Å². The molecule has 1 aromatic carbocycles. The zero-order chi connectivity index (χ0) is 17.1. The summed E-state index contributed by atoms with van der Waals surface area (Å²) >= 11 is 0. The highest BCUT2D eigenvalue weighted by Crippen LogP contribution is 2.36. The second-order valence-corrected chi connectivity index (χ2v) is 7.09. The SMILES string of the molecule is O=C(CN1C[C@H]2CC[C@@H]1C2)NCCc1nccc(-c2ccccc2)n1. The Morgan fingerprint density at radius 2 is 2.08 bits per heavy atom. The van der Waals surface area contributed by atoms with Crippen molar-refractivity contribution in [2.75, 3.05) is 19.6 Å². The molecule has 1 saturated carbocycles. The van der Waals surface area contributed by atoms with Crippen molar-refractivity contribution < 1.29 is 4.79 Å². The third kappa shape index (κ3) is 3.87. The molecule has 25 heavy (non-hydrogen) atoms. The molecule has 2 bridgehead atoms. The Hall–Kier alpha value is -2.27. The average molecular weight is 336 g/mol. The van der Waals surface area contributed by atoms with Gasteiger partial charge in [0.1, 0.15) is 5.82 Å². The molecule has 2 aromatic rings. The number of carbonyl (C=O) groups excluding carboxylic acids is 1. The van der Waals surface area contributed by atoms with Crippen molar-refractivity contribution in [3.05, 3.63) is 48.4 Å². The van der Waals surface area contributed by atoms with E-state index in [1.54, 1.807) is 6.20 Å². The summed E-state index contributed by atoms with van der Waals surface area (Å²) in [6.07, 6.45) is 6.33. The maximum Gasteiger partial charge on any atom is 0.234 e. The van der Waals surface area contributed by atoms with Gasteiger partial charge in [0, 0.05) is 37.3 Å². The maximum absolute atomic E-state index is 12.2. The van der Waals surface area contributed by atoms with Crippen LogP contribution >= 0.6 is 0 Å². The van der Waals surface area contributed by atoms with Crippen LogP contribution in [-0.4, -0.2) is 46.5 Å². The van der Waals surface area contributed by atoms with Crippen molar-refractivity contribution in [1.29, 1.82) is 0 Å². The lowest BCUT2D eigenvalue weighted by atomic mass is 10.1. The fourth-order valence-corrected chi connectivity index (χ4v) is 4.06. The van der Waals surface area contributed by atoms with Crippen molar-refractivity contribution in [1.82, 2.24) is 20.2 Å². The Morgan fingerprint density at radius 3 is 2.84 bits per heavy atom. The van der Waals surface area contributed by atoms with Crippen molar-refractivity contribution in [3.63, 3.8) is 0 Å². The van der Waals surface area contributed by atoms with Gasteiger partial charge in [0.2, 0.25) is 5.91 Å². The molecule has 2 heterocycles. The predicted molar refractivity (Wildman–Crippen MR) is 96.9 cm³/mol. The van der Waals surface area contributed by atoms with Crippen LogP contribution in [0.1, 0.15) is 25.1 Å². The molecule has 2 atom stereocenters. The molecule has 130 valence electrons. The summed E-state index contributed by atoms with van der Waals surface area (Å²) in [6, 6.07) is 12.6. The van der Waals surface area contributed by atoms with Gasteiger partial charge in [-0.2, -0.15) is 0 Å². The van der Waals surface area contributed by atoms with Gasteiger partial charge in [-0.3, -0.25) is 9.69 Å². The third-order valence-electron chi connectivity index (χ3n) is 5.32. The van der Waals surface area contributed by atoms with Gasteiger partial charge in [0.25, 0.3) is 0 Å². The highest BCUT2D eigenvalue weighted by atomic mass is 16.2. The van der Waals surface area contributed by atoms with Crippen molar-refractivity contribution in [2.24, 2.45) is 5.92 Å². The lowest BCUT2D eigenvalue weighted by molar-refractivity contribution is -0.122. The summed E-state index contributed by atoms with van der Waals surface area (Å²) in [5, 5.41) is 3.02. The Kier molecular flexibility index (Phi) is 4.74. The van der Waals surface area contributed by atoms with Crippen molar-refractivity contribution in [3.8, 4) is 11.3 Å². The van der Waals surface area contributed by atoms with E-state index < -0.39 is 0 Å². The molecule has 0 unspecified atom stereocenters. The van der Waals surface area contributed by atoms with E-state index in [-0.39, 0.29) is 5.91 Å². The van der Waals surface area contributed by atoms with E-state index >= 15 is 0 Å². The normalized spacial score (nSPS) is 22.2. The standard InChI is InChI=1S/C20H24N4O/c25-20(14-24-13-15-6-7-17(24)12-15)22-11-9-19-21-10-8-18(23-19)16-4-2-1-3-5-16/h1-5,8,10,15,17H,6-7,9,11-14H2,(H,22,25)/t15-,17+/m0/s1. The van der Waals surface area contributed by atoms with E-state index in [2.05, 4.69) is 20.2 Å². The van der Waals surface area contributed by atoms with E-state index in [1.165, 1.54) is 19.3 Å². The number of piperidine rings is 1. The summed E-state index contributed by atoms with van der Waals surface area (Å²) in [5.41, 5.74) is 2.00. The minimum atomic E-state index is 0.117. The summed E-state index contributed by atoms with van der Waals surface area (Å²) in [4.78, 5) is 23.4. The van der Waals surface area contributed by atoms with Crippen molar-refractivity contribution >= 4 is 5.91 Å². The number of hydrogen-bond acceptors (Lipinski definition) is 4. The zero-order valence-electron chi connectivity index (χ0n) is 14.4. The predicted octanol–water partition coefficient (Wildman–Crippen LogP) is 2.29. The number of hydrogen-bond donors (Lipinski definition) is 1. The fourth-order valence-electron chi connectivity index (χ4n) is 4.06. The van der Waals surface area contributed by atoms with Crippen LogP contribution in [0.3, 0.4) is 0 Å². The van der Waals surface area contributed by atoms with Crippen LogP contribution in [0.25, 0.3) is 11.3 Å². The first-order chi connectivity index (χ1) is 12.3. The molecule has 1 amide bonds. The number of carbonyl (C=O) groups is 1. The molecule has 1 aromatic heterocycles. The number of rotatable bonds is 6. The molecule has 5 heteroatoms. The number of amides is 1. The number of benzene rings is 1. The smallest absolute Gasteiger partial charge is 0.234 e. The topological polar surface area (TPSA) is 58.1 Å². The molecule has 2 fully saturated rings. The van der Waals surface area contributed by atoms with Gasteiger partial charge >= 0.3 is 0 Å². The lowest BCUT2D eigenvalue weighted by Crippen LogP contribution is -2.41. The molecule has 0 spiro atoms.